The van der Waals surface area contributed by atoms with Crippen molar-refractivity contribution >= 4 is 11.9 Å². The Morgan fingerprint density at radius 3 is 2.47 bits per heavy atom. The summed E-state index contributed by atoms with van der Waals surface area (Å²) in [5.41, 5.74) is 2.35. The van der Waals surface area contributed by atoms with Crippen LogP contribution in [0.2, 0.25) is 0 Å². The molecule has 30 heavy (non-hydrogen) atoms. The highest BCUT2D eigenvalue weighted by Crippen LogP contribution is 2.42. The van der Waals surface area contributed by atoms with Crippen LogP contribution in [0.4, 0.5) is 4.39 Å². The highest BCUT2D eigenvalue weighted by molar-refractivity contribution is 6.15. The van der Waals surface area contributed by atoms with Crippen molar-refractivity contribution in [3.8, 4) is 11.5 Å². The number of ketones is 1. The van der Waals surface area contributed by atoms with Gasteiger partial charge in [0.1, 0.15) is 17.3 Å². The third kappa shape index (κ3) is 4.90. The van der Waals surface area contributed by atoms with E-state index in [4.69, 9.17) is 4.74 Å². The predicted octanol–water partition coefficient (Wildman–Crippen LogP) is 5.86. The van der Waals surface area contributed by atoms with Crippen LogP contribution in [0.3, 0.4) is 0 Å². The first kappa shape index (κ1) is 22.0. The summed E-state index contributed by atoms with van der Waals surface area (Å²) in [5, 5.41) is 10.7. The van der Waals surface area contributed by atoms with Gasteiger partial charge in [0, 0.05) is 6.54 Å². The number of unbranched alkanes of at least 4 members (excludes halogenated alkanes) is 2. The van der Waals surface area contributed by atoms with Crippen LogP contribution in [0.15, 0.2) is 36.1 Å². The van der Waals surface area contributed by atoms with Crippen LogP contribution in [0.5, 0.6) is 11.5 Å². The van der Waals surface area contributed by atoms with Crippen molar-refractivity contribution in [2.24, 2.45) is 0 Å². The molecule has 0 bridgehead atoms. The highest BCUT2D eigenvalue weighted by atomic mass is 19.1. The maximum atomic E-state index is 13.5. The average Bonchev–Trinajstić information content (AvgIpc) is 3.03. The average molecular weight is 412 g/mol. The molecule has 0 radical (unpaired) electrons. The van der Waals surface area contributed by atoms with Gasteiger partial charge < -0.3 is 9.84 Å². The van der Waals surface area contributed by atoms with E-state index >= 15 is 0 Å². The molecule has 0 aliphatic carbocycles. The molecule has 0 fully saturated rings. The van der Waals surface area contributed by atoms with Gasteiger partial charge in [0.25, 0.3) is 0 Å². The highest BCUT2D eigenvalue weighted by Gasteiger charge is 2.33. The van der Waals surface area contributed by atoms with E-state index in [2.05, 4.69) is 18.7 Å². The van der Waals surface area contributed by atoms with E-state index in [0.29, 0.717) is 34.5 Å². The molecule has 5 heteroatoms. The second kappa shape index (κ2) is 9.90. The number of hydrogen-bond acceptors (Lipinski definition) is 4. The molecule has 0 atom stereocenters. The van der Waals surface area contributed by atoms with E-state index in [0.717, 1.165) is 38.8 Å². The van der Waals surface area contributed by atoms with Crippen LogP contribution in [0.25, 0.3) is 6.08 Å². The maximum absolute atomic E-state index is 13.5. The van der Waals surface area contributed by atoms with E-state index < -0.39 is 0 Å². The zero-order chi connectivity index (χ0) is 21.7. The number of carbonyl (C=O) groups excluding carboxylic acids is 1. The number of Topliss-reactive ketones (excluding diaryl/α,β-unsaturated/α-hetero) is 1. The molecule has 1 aliphatic rings. The minimum atomic E-state index is -0.371. The second-order valence-corrected chi connectivity index (χ2v) is 7.87. The Balaban J connectivity index is 1.95. The summed E-state index contributed by atoms with van der Waals surface area (Å²) in [6.45, 7) is 8.49. The van der Waals surface area contributed by atoms with Crippen molar-refractivity contribution in [2.45, 2.75) is 53.0 Å². The first-order chi connectivity index (χ1) is 14.4. The molecule has 0 spiro atoms. The van der Waals surface area contributed by atoms with Crippen LogP contribution >= 0.6 is 0 Å². The molecule has 0 saturated carbocycles. The zero-order valence-electron chi connectivity index (χ0n) is 18.0. The third-order valence-corrected chi connectivity index (χ3v) is 5.40. The number of phenolic OH excluding ortho intramolecular Hbond substituents is 1. The van der Waals surface area contributed by atoms with Gasteiger partial charge in [0.15, 0.2) is 5.76 Å². The largest absolute Gasteiger partial charge is 0.507 e. The molecule has 1 heterocycles. The Hall–Kier alpha value is -2.66. The molecule has 2 aromatic carbocycles. The smallest absolute Gasteiger partial charge is 0.232 e. The molecule has 2 aromatic rings. The fourth-order valence-electron chi connectivity index (χ4n) is 3.74. The number of benzene rings is 2. The lowest BCUT2D eigenvalue weighted by Gasteiger charge is -2.23. The molecule has 3 rings (SSSR count). The van der Waals surface area contributed by atoms with Crippen molar-refractivity contribution in [1.29, 1.82) is 0 Å². The number of nitrogens with zero attached hydrogens (tertiary/aromatic N) is 1. The van der Waals surface area contributed by atoms with Gasteiger partial charge in [-0.25, -0.2) is 4.39 Å². The predicted molar refractivity (Wildman–Crippen MR) is 117 cm³/mol. The fourth-order valence-corrected chi connectivity index (χ4v) is 3.74. The molecule has 0 unspecified atom stereocenters. The Kier molecular flexibility index (Phi) is 7.27. The molecule has 1 aliphatic heterocycles. The van der Waals surface area contributed by atoms with Crippen LogP contribution in [-0.2, 0) is 6.54 Å². The molecular formula is C25H30FNO3. The van der Waals surface area contributed by atoms with Crippen molar-refractivity contribution in [2.75, 3.05) is 13.1 Å². The van der Waals surface area contributed by atoms with Gasteiger partial charge in [0.05, 0.1) is 11.1 Å². The van der Waals surface area contributed by atoms with Gasteiger partial charge >= 0.3 is 0 Å². The molecular weight excluding hydrogens is 381 g/mol. The summed E-state index contributed by atoms with van der Waals surface area (Å²) in [5.74, 6) is 0.118. The number of rotatable bonds is 9. The molecule has 0 aromatic heterocycles. The zero-order valence-corrected chi connectivity index (χ0v) is 18.0. The molecule has 0 amide bonds. The van der Waals surface area contributed by atoms with Gasteiger partial charge in [0.2, 0.25) is 5.78 Å². The fraction of sp³-hybridized carbons (Fsp3) is 0.400. The van der Waals surface area contributed by atoms with Crippen LogP contribution in [0.1, 0.15) is 66.6 Å². The molecule has 4 nitrogen and oxygen atoms in total. The normalized spacial score (nSPS) is 14.4. The van der Waals surface area contributed by atoms with Gasteiger partial charge in [-0.3, -0.25) is 9.69 Å². The number of aryl methyl sites for hydroxylation is 1. The van der Waals surface area contributed by atoms with E-state index in [9.17, 15) is 14.3 Å². The summed E-state index contributed by atoms with van der Waals surface area (Å²) in [6, 6.07) is 7.66. The number of phenols is 1. The van der Waals surface area contributed by atoms with Crippen molar-refractivity contribution < 1.29 is 19.0 Å². The van der Waals surface area contributed by atoms with Gasteiger partial charge in [-0.15, -0.1) is 0 Å². The van der Waals surface area contributed by atoms with Crippen LogP contribution in [-0.4, -0.2) is 28.9 Å². The Bertz CT molecular complexity index is 944. The van der Waals surface area contributed by atoms with Gasteiger partial charge in [-0.05, 0) is 68.3 Å². The number of halogens is 1. The monoisotopic (exact) mass is 411 g/mol. The number of ether oxygens (including phenoxy) is 1. The van der Waals surface area contributed by atoms with E-state index in [1.807, 2.05) is 0 Å². The lowest BCUT2D eigenvalue weighted by atomic mass is 9.99. The quantitative estimate of drug-likeness (QED) is 0.525. The van der Waals surface area contributed by atoms with Crippen LogP contribution < -0.4 is 4.74 Å². The van der Waals surface area contributed by atoms with Crippen molar-refractivity contribution in [3.05, 3.63) is 64.2 Å². The Morgan fingerprint density at radius 2 is 1.83 bits per heavy atom. The molecule has 1 N–H and O–H groups in total. The number of allylic oxidation sites excluding steroid dienone is 1. The molecule has 160 valence electrons. The van der Waals surface area contributed by atoms with Crippen LogP contribution in [0, 0.1) is 12.7 Å². The topological polar surface area (TPSA) is 49.8 Å². The Labute approximate surface area is 178 Å². The Morgan fingerprint density at radius 1 is 1.13 bits per heavy atom. The summed E-state index contributed by atoms with van der Waals surface area (Å²) in [7, 11) is 0. The lowest BCUT2D eigenvalue weighted by molar-refractivity contribution is 0.101. The SMILES string of the molecule is CCCCN(CCCC)Cc1c(O)cc(C)c2c1O/C(=C/c1cccc(F)c1)C2=O. The second-order valence-electron chi connectivity index (χ2n) is 7.87. The van der Waals surface area contributed by atoms with Crippen molar-refractivity contribution in [1.82, 2.24) is 4.90 Å². The first-order valence-corrected chi connectivity index (χ1v) is 10.7. The number of aromatic hydroxyl groups is 1. The number of hydrogen-bond donors (Lipinski definition) is 1. The minimum Gasteiger partial charge on any atom is -0.507 e. The maximum Gasteiger partial charge on any atom is 0.232 e. The van der Waals surface area contributed by atoms with E-state index in [-0.39, 0.29) is 23.1 Å². The van der Waals surface area contributed by atoms with E-state index in [1.54, 1.807) is 31.2 Å². The van der Waals surface area contributed by atoms with Gasteiger partial charge in [-0.2, -0.15) is 0 Å². The summed E-state index contributed by atoms with van der Waals surface area (Å²) in [4.78, 5) is 15.3. The summed E-state index contributed by atoms with van der Waals surface area (Å²) in [6.07, 6.45) is 5.88. The van der Waals surface area contributed by atoms with Crippen molar-refractivity contribution in [3.63, 3.8) is 0 Å². The number of carbonyl (C=O) groups is 1. The summed E-state index contributed by atoms with van der Waals surface area (Å²) >= 11 is 0. The number of fused-ring (bicyclic) bond motifs is 1. The minimum absolute atomic E-state index is 0.143. The standard InChI is InChI=1S/C25H30FNO3/c1-4-6-11-27(12-7-5-2)16-20-21(28)13-17(3)23-24(29)22(30-25(20)23)15-18-9-8-10-19(26)14-18/h8-10,13-15,28H,4-7,11-12,16H2,1-3H3/b22-15+. The lowest BCUT2D eigenvalue weighted by Crippen LogP contribution is -2.26. The van der Waals surface area contributed by atoms with Gasteiger partial charge in [-0.1, -0.05) is 38.8 Å². The third-order valence-electron chi connectivity index (χ3n) is 5.40. The summed E-state index contributed by atoms with van der Waals surface area (Å²) < 4.78 is 19.5. The van der Waals surface area contributed by atoms with E-state index in [1.165, 1.54) is 12.1 Å². The molecule has 0 saturated heterocycles. The first-order valence-electron chi connectivity index (χ1n) is 10.7.